The predicted octanol–water partition coefficient (Wildman–Crippen LogP) is 7.91. The third-order valence-corrected chi connectivity index (χ3v) is 5.52. The summed E-state index contributed by atoms with van der Waals surface area (Å²) in [6, 6.07) is 25.9. The molecule has 0 aliphatic heterocycles. The zero-order chi connectivity index (χ0) is 22.7. The molecule has 1 atom stereocenters. The highest BCUT2D eigenvalue weighted by atomic mass is 35.5. The van der Waals surface area contributed by atoms with Crippen molar-refractivity contribution in [3.63, 3.8) is 0 Å². The van der Waals surface area contributed by atoms with Crippen LogP contribution in [0.1, 0.15) is 24.1 Å². The summed E-state index contributed by atoms with van der Waals surface area (Å²) in [4.78, 5) is 0. The van der Waals surface area contributed by atoms with E-state index < -0.39 is 6.36 Å². The minimum atomic E-state index is -4.71. The number of alkyl halides is 3. The summed E-state index contributed by atoms with van der Waals surface area (Å²) in [5.74, 6) is -0.238. The monoisotopic (exact) mass is 455 g/mol. The fraction of sp³-hybridized carbons (Fsp3) is 0.154. The Bertz CT molecular complexity index is 1220. The molecule has 1 N–H and O–H groups in total. The van der Waals surface area contributed by atoms with Crippen molar-refractivity contribution in [2.45, 2.75) is 25.9 Å². The third-order valence-electron chi connectivity index (χ3n) is 5.28. The van der Waals surface area contributed by atoms with Gasteiger partial charge in [0.25, 0.3) is 0 Å². The second-order valence-electron chi connectivity index (χ2n) is 7.59. The van der Waals surface area contributed by atoms with Gasteiger partial charge in [0.2, 0.25) is 0 Å². The van der Waals surface area contributed by atoms with Crippen molar-refractivity contribution >= 4 is 22.4 Å². The van der Waals surface area contributed by atoms with Gasteiger partial charge in [-0.3, -0.25) is 0 Å². The van der Waals surface area contributed by atoms with E-state index in [4.69, 9.17) is 11.6 Å². The van der Waals surface area contributed by atoms with Gasteiger partial charge in [0.15, 0.2) is 0 Å². The average molecular weight is 456 g/mol. The molecule has 4 aromatic carbocycles. The lowest BCUT2D eigenvalue weighted by molar-refractivity contribution is -0.274. The van der Waals surface area contributed by atoms with Crippen LogP contribution in [0.5, 0.6) is 5.75 Å². The molecule has 164 valence electrons. The molecule has 6 heteroatoms. The van der Waals surface area contributed by atoms with Gasteiger partial charge in [0.05, 0.1) is 0 Å². The van der Waals surface area contributed by atoms with E-state index >= 15 is 0 Å². The lowest BCUT2D eigenvalue weighted by Gasteiger charge is -2.18. The van der Waals surface area contributed by atoms with Crippen molar-refractivity contribution in [3.8, 4) is 16.9 Å². The summed E-state index contributed by atoms with van der Waals surface area (Å²) in [7, 11) is 0. The van der Waals surface area contributed by atoms with Gasteiger partial charge in [-0.2, -0.15) is 0 Å². The van der Waals surface area contributed by atoms with Crippen LogP contribution in [0.25, 0.3) is 21.9 Å². The van der Waals surface area contributed by atoms with Crippen LogP contribution in [0.2, 0.25) is 5.02 Å². The maximum absolute atomic E-state index is 12.5. The van der Waals surface area contributed by atoms with Gasteiger partial charge >= 0.3 is 6.36 Å². The van der Waals surface area contributed by atoms with E-state index in [9.17, 15) is 13.2 Å². The molecular weight excluding hydrogens is 435 g/mol. The lowest BCUT2D eigenvalue weighted by atomic mass is 9.93. The van der Waals surface area contributed by atoms with Crippen LogP contribution in [0.3, 0.4) is 0 Å². The molecule has 0 aliphatic rings. The highest BCUT2D eigenvalue weighted by Crippen LogP contribution is 2.34. The first-order chi connectivity index (χ1) is 15.3. The minimum absolute atomic E-state index is 0.0465. The smallest absolute Gasteiger partial charge is 0.406 e. The Morgan fingerprint density at radius 2 is 1.66 bits per heavy atom. The lowest BCUT2D eigenvalue weighted by Crippen LogP contribution is -2.18. The zero-order valence-corrected chi connectivity index (χ0v) is 18.0. The van der Waals surface area contributed by atoms with Crippen molar-refractivity contribution in [1.82, 2.24) is 5.32 Å². The Balaban J connectivity index is 1.64. The maximum Gasteiger partial charge on any atom is 0.573 e. The molecule has 0 saturated carbocycles. The number of halogens is 4. The molecule has 0 aliphatic carbocycles. The number of ether oxygens (including phenoxy) is 1. The minimum Gasteiger partial charge on any atom is -0.406 e. The summed E-state index contributed by atoms with van der Waals surface area (Å²) >= 11 is 6.08. The van der Waals surface area contributed by atoms with Gasteiger partial charge < -0.3 is 10.1 Å². The first-order valence-corrected chi connectivity index (χ1v) is 10.5. The van der Waals surface area contributed by atoms with Gasteiger partial charge in [0, 0.05) is 17.6 Å². The first kappa shape index (κ1) is 22.2. The molecule has 1 unspecified atom stereocenters. The number of rotatable bonds is 6. The first-order valence-electron chi connectivity index (χ1n) is 10.2. The van der Waals surface area contributed by atoms with Crippen LogP contribution < -0.4 is 10.1 Å². The van der Waals surface area contributed by atoms with Crippen LogP contribution in [0.4, 0.5) is 13.2 Å². The van der Waals surface area contributed by atoms with Crippen LogP contribution in [0, 0.1) is 0 Å². The summed E-state index contributed by atoms with van der Waals surface area (Å²) in [5, 5.41) is 6.31. The Morgan fingerprint density at radius 3 is 2.38 bits per heavy atom. The zero-order valence-electron chi connectivity index (χ0n) is 17.3. The van der Waals surface area contributed by atoms with Gasteiger partial charge in [0.1, 0.15) is 5.75 Å². The van der Waals surface area contributed by atoms with Crippen molar-refractivity contribution in [2.24, 2.45) is 0 Å². The number of nitrogens with one attached hydrogen (secondary N) is 1. The van der Waals surface area contributed by atoms with E-state index in [0.717, 1.165) is 33.0 Å². The molecular formula is C26H21ClF3NO. The maximum atomic E-state index is 12.5. The normalized spacial score (nSPS) is 12.7. The number of hydrogen-bond acceptors (Lipinski definition) is 2. The molecule has 0 aromatic heterocycles. The Kier molecular flexibility index (Phi) is 6.40. The summed E-state index contributed by atoms with van der Waals surface area (Å²) < 4.78 is 41.5. The molecule has 0 fully saturated rings. The molecule has 4 rings (SSSR count). The standard InChI is InChI=1S/C26H21ClF3NO/c1-17(31-16-18-5-4-7-22(27)13-18)21-14-20-6-2-3-8-24(20)25(15-21)19-9-11-23(12-10-19)32-26(28,29)30/h2-15,17,31H,16H2,1H3. The van der Waals surface area contributed by atoms with Crippen LogP contribution in [-0.2, 0) is 6.54 Å². The summed E-state index contributed by atoms with van der Waals surface area (Å²) in [6.45, 7) is 2.74. The third kappa shape index (κ3) is 5.42. The molecule has 0 radical (unpaired) electrons. The van der Waals surface area contributed by atoms with E-state index in [1.54, 1.807) is 12.1 Å². The topological polar surface area (TPSA) is 21.3 Å². The average Bonchev–Trinajstić information content (AvgIpc) is 2.76. The van der Waals surface area contributed by atoms with E-state index in [1.807, 2.05) is 48.5 Å². The van der Waals surface area contributed by atoms with Crippen molar-refractivity contribution in [1.29, 1.82) is 0 Å². The molecule has 0 spiro atoms. The number of hydrogen-bond donors (Lipinski definition) is 1. The largest absolute Gasteiger partial charge is 0.573 e. The molecule has 32 heavy (non-hydrogen) atoms. The van der Waals surface area contributed by atoms with Crippen LogP contribution in [-0.4, -0.2) is 6.36 Å². The number of fused-ring (bicyclic) bond motifs is 1. The fourth-order valence-electron chi connectivity index (χ4n) is 3.69. The van der Waals surface area contributed by atoms with Gasteiger partial charge in [-0.1, -0.05) is 60.1 Å². The van der Waals surface area contributed by atoms with Gasteiger partial charge in [-0.05, 0) is 76.3 Å². The van der Waals surface area contributed by atoms with Crippen LogP contribution >= 0.6 is 11.6 Å². The van der Waals surface area contributed by atoms with E-state index in [1.165, 1.54) is 12.1 Å². The second-order valence-corrected chi connectivity index (χ2v) is 8.03. The molecule has 2 nitrogen and oxygen atoms in total. The Hall–Kier alpha value is -3.02. The van der Waals surface area contributed by atoms with E-state index in [2.05, 4.69) is 29.1 Å². The van der Waals surface area contributed by atoms with E-state index in [0.29, 0.717) is 11.6 Å². The Morgan fingerprint density at radius 1 is 0.906 bits per heavy atom. The second kappa shape index (κ2) is 9.23. The molecule has 0 heterocycles. The predicted molar refractivity (Wildman–Crippen MR) is 123 cm³/mol. The molecule has 0 saturated heterocycles. The molecule has 4 aromatic rings. The SMILES string of the molecule is CC(NCc1cccc(Cl)c1)c1cc(-c2ccc(OC(F)(F)F)cc2)c2ccccc2c1. The van der Waals surface area contributed by atoms with Crippen LogP contribution in [0.15, 0.2) is 84.9 Å². The van der Waals surface area contributed by atoms with Gasteiger partial charge in [-0.15, -0.1) is 13.2 Å². The van der Waals surface area contributed by atoms with Crippen molar-refractivity contribution in [3.05, 3.63) is 101 Å². The highest BCUT2D eigenvalue weighted by molar-refractivity contribution is 6.30. The van der Waals surface area contributed by atoms with Gasteiger partial charge in [-0.25, -0.2) is 0 Å². The Labute approximate surface area is 189 Å². The molecule has 0 bridgehead atoms. The number of benzene rings is 4. The summed E-state index contributed by atoms with van der Waals surface area (Å²) in [6.07, 6.45) is -4.71. The summed E-state index contributed by atoms with van der Waals surface area (Å²) in [5.41, 5.74) is 3.94. The fourth-order valence-corrected chi connectivity index (χ4v) is 3.91. The van der Waals surface area contributed by atoms with Crippen molar-refractivity contribution in [2.75, 3.05) is 0 Å². The highest BCUT2D eigenvalue weighted by Gasteiger charge is 2.31. The quantitative estimate of drug-likeness (QED) is 0.319. The van der Waals surface area contributed by atoms with E-state index in [-0.39, 0.29) is 11.8 Å². The molecule has 0 amide bonds. The van der Waals surface area contributed by atoms with Crippen molar-refractivity contribution < 1.29 is 17.9 Å².